The molecule has 2 aromatic heterocycles. The zero-order chi connectivity index (χ0) is 25.9. The lowest BCUT2D eigenvalue weighted by Gasteiger charge is -2.25. The van der Waals surface area contributed by atoms with E-state index in [9.17, 15) is 18.4 Å². The Hall–Kier alpha value is -4.33. The fourth-order valence-corrected chi connectivity index (χ4v) is 4.47. The van der Waals surface area contributed by atoms with E-state index in [0.29, 0.717) is 34.1 Å². The van der Waals surface area contributed by atoms with E-state index in [1.165, 1.54) is 24.4 Å². The Morgan fingerprint density at radius 3 is 2.65 bits per heavy atom. The van der Waals surface area contributed by atoms with Gasteiger partial charge in [-0.25, -0.2) is 18.2 Å². The third-order valence-corrected chi connectivity index (χ3v) is 6.46. The number of H-pyrrole nitrogens is 1. The van der Waals surface area contributed by atoms with E-state index in [1.807, 2.05) is 0 Å². The van der Waals surface area contributed by atoms with Gasteiger partial charge in [0.05, 0.1) is 11.6 Å². The van der Waals surface area contributed by atoms with Crippen LogP contribution in [0.3, 0.4) is 0 Å². The molecule has 37 heavy (non-hydrogen) atoms. The van der Waals surface area contributed by atoms with Crippen LogP contribution in [-0.2, 0) is 6.42 Å². The van der Waals surface area contributed by atoms with Crippen molar-refractivity contribution in [1.29, 1.82) is 0 Å². The molecule has 0 saturated carbocycles. The molecule has 0 fully saturated rings. The normalized spacial score (nSPS) is 20.4. The molecule has 1 aliphatic rings. The average molecular weight is 502 g/mol. The van der Waals surface area contributed by atoms with Gasteiger partial charge in [0, 0.05) is 41.0 Å². The van der Waals surface area contributed by atoms with E-state index in [0.717, 1.165) is 17.9 Å². The first kappa shape index (κ1) is 24.4. The number of aromatic amines is 1. The summed E-state index contributed by atoms with van der Waals surface area (Å²) < 4.78 is 43.7. The summed E-state index contributed by atoms with van der Waals surface area (Å²) in [5.41, 5.74) is 3.24. The minimum atomic E-state index is -1.93. The zero-order valence-corrected chi connectivity index (χ0v) is 19.6. The van der Waals surface area contributed by atoms with Crippen molar-refractivity contribution in [2.24, 2.45) is 10.9 Å². The Morgan fingerprint density at radius 2 is 1.89 bits per heavy atom. The summed E-state index contributed by atoms with van der Waals surface area (Å²) in [5.74, 6) is -2.65. The van der Waals surface area contributed by atoms with Crippen LogP contribution in [0, 0.1) is 11.7 Å². The molecule has 0 radical (unpaired) electrons. The number of fused-ring (bicyclic) bond motifs is 1. The highest BCUT2D eigenvalue weighted by atomic mass is 19.1. The molecule has 0 aliphatic heterocycles. The van der Waals surface area contributed by atoms with Crippen LogP contribution in [0.2, 0.25) is 0 Å². The third kappa shape index (κ3) is 5.00. The molecule has 8 heteroatoms. The lowest BCUT2D eigenvalue weighted by Crippen LogP contribution is -2.40. The first-order valence-corrected chi connectivity index (χ1v) is 11.8. The van der Waals surface area contributed by atoms with Gasteiger partial charge in [-0.05, 0) is 47.9 Å². The maximum Gasteiger partial charge on any atom is 0.174 e. The molecule has 3 unspecified atom stereocenters. The van der Waals surface area contributed by atoms with Crippen molar-refractivity contribution < 1.29 is 22.8 Å². The third-order valence-electron chi connectivity index (χ3n) is 6.46. The Kier molecular flexibility index (Phi) is 6.81. The van der Waals surface area contributed by atoms with Crippen LogP contribution in [0.25, 0.3) is 22.2 Å². The molecule has 0 saturated heterocycles. The maximum absolute atomic E-state index is 15.5. The van der Waals surface area contributed by atoms with Gasteiger partial charge in [-0.3, -0.25) is 14.6 Å². The number of aliphatic imine (C=N–C) groups is 1. The number of halogens is 3. The van der Waals surface area contributed by atoms with Crippen LogP contribution < -0.4 is 0 Å². The largest absolute Gasteiger partial charge is 0.345 e. The molecule has 0 bridgehead atoms. The molecule has 1 N–H and O–H groups in total. The second kappa shape index (κ2) is 10.3. The average Bonchev–Trinajstić information content (AvgIpc) is 3.33. The van der Waals surface area contributed by atoms with Crippen molar-refractivity contribution in [1.82, 2.24) is 9.97 Å². The van der Waals surface area contributed by atoms with Gasteiger partial charge in [0.15, 0.2) is 12.0 Å². The summed E-state index contributed by atoms with van der Waals surface area (Å²) in [6.07, 6.45) is 2.81. The van der Waals surface area contributed by atoms with Gasteiger partial charge in [0.1, 0.15) is 23.9 Å². The van der Waals surface area contributed by atoms with Crippen molar-refractivity contribution in [3.63, 3.8) is 0 Å². The van der Waals surface area contributed by atoms with Crippen molar-refractivity contribution in [3.05, 3.63) is 102 Å². The molecule has 2 heterocycles. The van der Waals surface area contributed by atoms with E-state index in [-0.39, 0.29) is 23.6 Å². The minimum absolute atomic E-state index is 0.0161. The second-order valence-corrected chi connectivity index (χ2v) is 8.84. The van der Waals surface area contributed by atoms with Crippen LogP contribution in [-0.4, -0.2) is 46.6 Å². The molecule has 2 aromatic carbocycles. The summed E-state index contributed by atoms with van der Waals surface area (Å²) in [6, 6.07) is 14.6. The molecule has 5 nitrogen and oxygen atoms in total. The van der Waals surface area contributed by atoms with E-state index >= 15 is 4.39 Å². The molecule has 5 rings (SSSR count). The number of nitrogens with zero attached hydrogens (tertiary/aromatic N) is 2. The number of aromatic nitrogens is 2. The Labute approximate surface area is 210 Å². The number of carbonyl (C=O) groups is 2. The van der Waals surface area contributed by atoms with Crippen LogP contribution in [0.15, 0.2) is 84.1 Å². The number of hydrogen-bond donors (Lipinski definition) is 1. The molecule has 0 amide bonds. The number of pyridine rings is 1. The fourth-order valence-electron chi connectivity index (χ4n) is 4.47. The van der Waals surface area contributed by atoms with E-state index in [2.05, 4.69) is 15.0 Å². The predicted octanol–water partition coefficient (Wildman–Crippen LogP) is 5.91. The van der Waals surface area contributed by atoms with Gasteiger partial charge >= 0.3 is 0 Å². The lowest BCUT2D eigenvalue weighted by atomic mass is 9.83. The number of benzene rings is 2. The predicted molar refractivity (Wildman–Crippen MR) is 136 cm³/mol. The molecular weight excluding hydrogens is 479 g/mol. The molecule has 1 aliphatic carbocycles. The molecule has 0 spiro atoms. The maximum atomic E-state index is 15.5. The van der Waals surface area contributed by atoms with Gasteiger partial charge in [-0.15, -0.1) is 0 Å². The van der Waals surface area contributed by atoms with Crippen molar-refractivity contribution in [3.8, 4) is 11.1 Å². The number of rotatable bonds is 7. The smallest absolute Gasteiger partial charge is 0.174 e. The number of aldehydes is 1. The number of ketones is 1. The van der Waals surface area contributed by atoms with Crippen LogP contribution in [0.4, 0.5) is 13.2 Å². The summed E-state index contributed by atoms with van der Waals surface area (Å²) in [6.45, 7) is 0.171. The number of alkyl halides is 2. The highest BCUT2D eigenvalue weighted by Crippen LogP contribution is 2.31. The van der Waals surface area contributed by atoms with E-state index < -0.39 is 24.0 Å². The van der Waals surface area contributed by atoms with Gasteiger partial charge < -0.3 is 4.98 Å². The zero-order valence-electron chi connectivity index (χ0n) is 19.6. The standard InChI is InChI=1S/C29H22F3N3O2/c30-21-3-1-2-17(12-21)10-11-33-25-9-8-24(31)26(27(25)32)28(37)23-15-35-29-22(23)13-20(14-34-29)19-6-4-18(16-36)5-7-19/h1-9,12-16,24,26-27H,10-11H2,(H,34,35). The van der Waals surface area contributed by atoms with Crippen molar-refractivity contribution >= 4 is 28.8 Å². The van der Waals surface area contributed by atoms with Gasteiger partial charge in [0.2, 0.25) is 0 Å². The van der Waals surface area contributed by atoms with Crippen LogP contribution >= 0.6 is 0 Å². The molecule has 3 atom stereocenters. The Bertz CT molecular complexity index is 1530. The van der Waals surface area contributed by atoms with Crippen LogP contribution in [0.1, 0.15) is 26.3 Å². The molecule has 186 valence electrons. The number of allylic oxidation sites excluding steroid dienone is 2. The highest BCUT2D eigenvalue weighted by Gasteiger charge is 2.41. The fraction of sp³-hybridized carbons (Fsp3) is 0.172. The van der Waals surface area contributed by atoms with Gasteiger partial charge in [-0.2, -0.15) is 0 Å². The van der Waals surface area contributed by atoms with Gasteiger partial charge in [0.25, 0.3) is 0 Å². The van der Waals surface area contributed by atoms with E-state index in [1.54, 1.807) is 48.7 Å². The monoisotopic (exact) mass is 501 g/mol. The topological polar surface area (TPSA) is 75.2 Å². The summed E-state index contributed by atoms with van der Waals surface area (Å²) in [5, 5.41) is 0.445. The SMILES string of the molecule is O=Cc1ccc(-c2cnc3[nH]cc(C(=O)C4C(F)C=CC(=NCCc5cccc(F)c5)C4F)c3c2)cc1. The number of Topliss-reactive ketones (excluding diaryl/α,β-unsaturated/α-hetero) is 1. The number of carbonyl (C=O) groups excluding carboxylic acids is 2. The summed E-state index contributed by atoms with van der Waals surface area (Å²) in [4.78, 5) is 35.8. The quantitative estimate of drug-likeness (QED) is 0.253. The molecular formula is C29H22F3N3O2. The summed E-state index contributed by atoms with van der Waals surface area (Å²) >= 11 is 0. The van der Waals surface area contributed by atoms with Crippen LogP contribution in [0.5, 0.6) is 0 Å². The number of hydrogen-bond acceptors (Lipinski definition) is 4. The second-order valence-electron chi connectivity index (χ2n) is 8.84. The first-order chi connectivity index (χ1) is 17.9. The summed E-state index contributed by atoms with van der Waals surface area (Å²) in [7, 11) is 0. The highest BCUT2D eigenvalue weighted by molar-refractivity contribution is 6.13. The number of nitrogens with one attached hydrogen (secondary N) is 1. The Balaban J connectivity index is 1.39. The van der Waals surface area contributed by atoms with Crippen molar-refractivity contribution in [2.45, 2.75) is 18.8 Å². The Morgan fingerprint density at radius 1 is 1.08 bits per heavy atom. The molecule has 4 aromatic rings. The first-order valence-electron chi connectivity index (χ1n) is 11.8. The van der Waals surface area contributed by atoms with Crippen molar-refractivity contribution in [2.75, 3.05) is 6.54 Å². The minimum Gasteiger partial charge on any atom is -0.345 e. The van der Waals surface area contributed by atoms with E-state index in [4.69, 9.17) is 0 Å². The lowest BCUT2D eigenvalue weighted by molar-refractivity contribution is 0.0799. The van der Waals surface area contributed by atoms with Gasteiger partial charge in [-0.1, -0.05) is 36.4 Å².